The highest BCUT2D eigenvalue weighted by Gasteiger charge is 2.35. The smallest absolute Gasteiger partial charge is 0.262 e. The van der Waals surface area contributed by atoms with Gasteiger partial charge in [0.05, 0.1) is 0 Å². The van der Waals surface area contributed by atoms with Gasteiger partial charge >= 0.3 is 0 Å². The number of rotatable bonds is 3. The molecule has 0 saturated heterocycles. The Kier molecular flexibility index (Phi) is 5.12. The lowest BCUT2D eigenvalue weighted by atomic mass is 9.70. The third kappa shape index (κ3) is 3.70. The fourth-order valence-corrected chi connectivity index (χ4v) is 4.27. The first-order valence-electron chi connectivity index (χ1n) is 8.59. The summed E-state index contributed by atoms with van der Waals surface area (Å²) in [6, 6.07) is 4.75. The van der Waals surface area contributed by atoms with Crippen LogP contribution in [0.15, 0.2) is 23.0 Å². The minimum Gasteiger partial charge on any atom is -0.493 e. The number of nitrogens with one attached hydrogen (secondary N) is 1. The zero-order valence-electron chi connectivity index (χ0n) is 14.4. The molecule has 0 unspecified atom stereocenters. The summed E-state index contributed by atoms with van der Waals surface area (Å²) in [5, 5.41) is 11.2. The SMILES string of the molecule is CC(C)(c1nc(O)c(-c2cc(Cl)cc(Cl)c2)c(=O)[nH]1)C1CCCCC1. The van der Waals surface area contributed by atoms with Crippen LogP contribution in [0.3, 0.4) is 0 Å². The summed E-state index contributed by atoms with van der Waals surface area (Å²) in [4.78, 5) is 19.9. The summed E-state index contributed by atoms with van der Waals surface area (Å²) in [5.74, 6) is 0.676. The number of aromatic nitrogens is 2. The highest BCUT2D eigenvalue weighted by molar-refractivity contribution is 6.35. The van der Waals surface area contributed by atoms with Crippen LogP contribution in [0.4, 0.5) is 0 Å². The molecule has 6 heteroatoms. The van der Waals surface area contributed by atoms with E-state index >= 15 is 0 Å². The van der Waals surface area contributed by atoms with Gasteiger partial charge in [-0.15, -0.1) is 0 Å². The van der Waals surface area contributed by atoms with Crippen LogP contribution >= 0.6 is 23.2 Å². The van der Waals surface area contributed by atoms with E-state index in [1.54, 1.807) is 18.2 Å². The van der Waals surface area contributed by atoms with Gasteiger partial charge in [0.1, 0.15) is 11.4 Å². The second-order valence-electron chi connectivity index (χ2n) is 7.33. The molecule has 1 heterocycles. The van der Waals surface area contributed by atoms with Gasteiger partial charge in [0, 0.05) is 15.5 Å². The average molecular weight is 381 g/mol. The maximum Gasteiger partial charge on any atom is 0.262 e. The summed E-state index contributed by atoms with van der Waals surface area (Å²) in [7, 11) is 0. The van der Waals surface area contributed by atoms with Crippen molar-refractivity contribution in [3.63, 3.8) is 0 Å². The maximum atomic E-state index is 12.7. The Morgan fingerprint density at radius 1 is 1.12 bits per heavy atom. The Labute approximate surface area is 157 Å². The van der Waals surface area contributed by atoms with Crippen LogP contribution in [0.2, 0.25) is 10.0 Å². The van der Waals surface area contributed by atoms with Crippen LogP contribution in [-0.4, -0.2) is 15.1 Å². The molecule has 0 aliphatic heterocycles. The maximum absolute atomic E-state index is 12.7. The van der Waals surface area contributed by atoms with Crippen LogP contribution in [-0.2, 0) is 5.41 Å². The van der Waals surface area contributed by atoms with Gasteiger partial charge in [-0.05, 0) is 42.5 Å². The van der Waals surface area contributed by atoms with Crippen molar-refractivity contribution >= 4 is 23.2 Å². The normalized spacial score (nSPS) is 16.2. The molecular formula is C19H22Cl2N2O2. The van der Waals surface area contributed by atoms with E-state index in [2.05, 4.69) is 23.8 Å². The number of aromatic amines is 1. The van der Waals surface area contributed by atoms with Crippen LogP contribution in [0.5, 0.6) is 5.88 Å². The molecule has 0 amide bonds. The quantitative estimate of drug-likeness (QED) is 0.758. The van der Waals surface area contributed by atoms with Crippen LogP contribution in [0.1, 0.15) is 51.8 Å². The van der Waals surface area contributed by atoms with Gasteiger partial charge in [-0.3, -0.25) is 4.79 Å². The fourth-order valence-electron chi connectivity index (χ4n) is 3.74. The molecule has 134 valence electrons. The molecule has 0 bridgehead atoms. The van der Waals surface area contributed by atoms with Crippen LogP contribution in [0, 0.1) is 5.92 Å². The van der Waals surface area contributed by atoms with Crippen molar-refractivity contribution < 1.29 is 5.11 Å². The molecular weight excluding hydrogens is 359 g/mol. The molecule has 0 atom stereocenters. The van der Waals surface area contributed by atoms with E-state index in [9.17, 15) is 9.90 Å². The molecule has 1 aromatic carbocycles. The van der Waals surface area contributed by atoms with Crippen LogP contribution < -0.4 is 5.56 Å². The molecule has 1 aromatic heterocycles. The van der Waals surface area contributed by atoms with E-state index in [0.29, 0.717) is 27.4 Å². The number of benzene rings is 1. The van der Waals surface area contributed by atoms with Gasteiger partial charge in [-0.1, -0.05) is 56.3 Å². The summed E-state index contributed by atoms with van der Waals surface area (Å²) >= 11 is 12.0. The molecule has 1 fully saturated rings. The first-order valence-corrected chi connectivity index (χ1v) is 9.35. The molecule has 1 aliphatic carbocycles. The van der Waals surface area contributed by atoms with Crippen molar-refractivity contribution in [2.24, 2.45) is 5.92 Å². The topological polar surface area (TPSA) is 66.0 Å². The zero-order chi connectivity index (χ0) is 18.2. The number of nitrogens with zero attached hydrogens (tertiary/aromatic N) is 1. The van der Waals surface area contributed by atoms with Gasteiger partial charge in [0.15, 0.2) is 0 Å². The predicted molar refractivity (Wildman–Crippen MR) is 102 cm³/mol. The summed E-state index contributed by atoms with van der Waals surface area (Å²) in [5.41, 5.74) is -0.148. The monoisotopic (exact) mass is 380 g/mol. The lowest BCUT2D eigenvalue weighted by Gasteiger charge is -2.36. The van der Waals surface area contributed by atoms with Gasteiger partial charge in [-0.25, -0.2) is 0 Å². The third-order valence-electron chi connectivity index (χ3n) is 5.29. The molecule has 2 aromatic rings. The Balaban J connectivity index is 2.04. The van der Waals surface area contributed by atoms with Gasteiger partial charge in [0.25, 0.3) is 5.56 Å². The Morgan fingerprint density at radius 2 is 1.72 bits per heavy atom. The molecule has 0 radical (unpaired) electrons. The molecule has 1 aliphatic rings. The lowest BCUT2D eigenvalue weighted by molar-refractivity contribution is 0.224. The van der Waals surface area contributed by atoms with Gasteiger partial charge in [0.2, 0.25) is 5.88 Å². The molecule has 0 spiro atoms. The Hall–Kier alpha value is -1.52. The van der Waals surface area contributed by atoms with Crippen molar-refractivity contribution in [1.29, 1.82) is 0 Å². The molecule has 3 rings (SSSR count). The lowest BCUT2D eigenvalue weighted by Crippen LogP contribution is -2.34. The second kappa shape index (κ2) is 7.00. The number of aromatic hydroxyl groups is 1. The minimum atomic E-state index is -0.385. The average Bonchev–Trinajstić information content (AvgIpc) is 2.54. The number of H-pyrrole nitrogens is 1. The predicted octanol–water partition coefficient (Wildman–Crippen LogP) is 5.31. The second-order valence-corrected chi connectivity index (χ2v) is 8.20. The van der Waals surface area contributed by atoms with Crippen LogP contribution in [0.25, 0.3) is 11.1 Å². The standard InChI is InChI=1S/C19H22Cl2N2O2/c1-19(2,12-6-4-3-5-7-12)18-22-16(24)15(17(25)23-18)11-8-13(20)10-14(21)9-11/h8-10,12H,3-7H2,1-2H3,(H2,22,23,24,25). The van der Waals surface area contributed by atoms with E-state index < -0.39 is 0 Å². The first-order chi connectivity index (χ1) is 11.8. The number of halogens is 2. The Bertz CT molecular complexity index is 820. The van der Waals surface area contributed by atoms with Gasteiger partial charge < -0.3 is 10.1 Å². The van der Waals surface area contributed by atoms with E-state index in [0.717, 1.165) is 12.8 Å². The summed E-state index contributed by atoms with van der Waals surface area (Å²) < 4.78 is 0. The number of hydrogen-bond donors (Lipinski definition) is 2. The largest absolute Gasteiger partial charge is 0.493 e. The molecule has 4 nitrogen and oxygen atoms in total. The van der Waals surface area contributed by atoms with Crippen molar-refractivity contribution in [3.8, 4) is 17.0 Å². The minimum absolute atomic E-state index is 0.0904. The summed E-state index contributed by atoms with van der Waals surface area (Å²) in [6.07, 6.45) is 5.88. The van der Waals surface area contributed by atoms with Gasteiger partial charge in [-0.2, -0.15) is 4.98 Å². The first kappa shape index (κ1) is 18.3. The highest BCUT2D eigenvalue weighted by Crippen LogP contribution is 2.40. The third-order valence-corrected chi connectivity index (χ3v) is 5.72. The highest BCUT2D eigenvalue weighted by atomic mass is 35.5. The molecule has 1 saturated carbocycles. The fraction of sp³-hybridized carbons (Fsp3) is 0.474. The van der Waals surface area contributed by atoms with E-state index in [-0.39, 0.29) is 22.4 Å². The van der Waals surface area contributed by atoms with E-state index in [1.165, 1.54) is 19.3 Å². The molecule has 2 N–H and O–H groups in total. The van der Waals surface area contributed by atoms with Crippen molar-refractivity contribution in [3.05, 3.63) is 44.4 Å². The molecule has 25 heavy (non-hydrogen) atoms. The van der Waals surface area contributed by atoms with Crippen molar-refractivity contribution in [2.75, 3.05) is 0 Å². The van der Waals surface area contributed by atoms with E-state index in [4.69, 9.17) is 23.2 Å². The Morgan fingerprint density at radius 3 is 2.28 bits per heavy atom. The van der Waals surface area contributed by atoms with Crippen molar-refractivity contribution in [2.45, 2.75) is 51.4 Å². The van der Waals surface area contributed by atoms with E-state index in [1.807, 2.05) is 0 Å². The zero-order valence-corrected chi connectivity index (χ0v) is 15.9. The summed E-state index contributed by atoms with van der Waals surface area (Å²) in [6.45, 7) is 4.16. The number of hydrogen-bond acceptors (Lipinski definition) is 3. The van der Waals surface area contributed by atoms with Crippen molar-refractivity contribution in [1.82, 2.24) is 9.97 Å².